The number of fused-ring (bicyclic) bond motifs is 1. The molecular weight excluding hydrogens is 362 g/mol. The van der Waals surface area contributed by atoms with Gasteiger partial charge in [0, 0.05) is 18.3 Å². The maximum absolute atomic E-state index is 5.49. The second-order valence-corrected chi connectivity index (χ2v) is 6.98. The van der Waals surface area contributed by atoms with Crippen LogP contribution in [0.5, 0.6) is 11.5 Å². The van der Waals surface area contributed by atoms with E-state index in [-0.39, 0.29) is 0 Å². The van der Waals surface area contributed by atoms with Gasteiger partial charge in [-0.15, -0.1) is 0 Å². The molecule has 29 heavy (non-hydrogen) atoms. The van der Waals surface area contributed by atoms with Crippen LogP contribution in [0.25, 0.3) is 16.9 Å². The van der Waals surface area contributed by atoms with Crippen molar-refractivity contribution in [2.75, 3.05) is 26.1 Å². The van der Waals surface area contributed by atoms with Gasteiger partial charge in [-0.25, -0.2) is 4.98 Å². The number of pyridine rings is 1. The summed E-state index contributed by atoms with van der Waals surface area (Å²) in [5.41, 5.74) is 5.26. The molecule has 2 aromatic carbocycles. The predicted molar refractivity (Wildman–Crippen MR) is 117 cm³/mol. The number of nitrogens with zero attached hydrogens (tertiary/aromatic N) is 2. The smallest absolute Gasteiger partial charge is 0.161 e. The lowest BCUT2D eigenvalue weighted by molar-refractivity contribution is 0.355. The molecule has 5 heteroatoms. The Morgan fingerprint density at radius 2 is 1.72 bits per heavy atom. The summed E-state index contributed by atoms with van der Waals surface area (Å²) in [6, 6.07) is 20.5. The first-order chi connectivity index (χ1) is 14.2. The van der Waals surface area contributed by atoms with Crippen molar-refractivity contribution in [3.8, 4) is 22.8 Å². The van der Waals surface area contributed by atoms with Gasteiger partial charge in [-0.2, -0.15) is 0 Å². The fraction of sp³-hybridized carbons (Fsp3) is 0.208. The molecule has 0 radical (unpaired) electrons. The highest BCUT2D eigenvalue weighted by Gasteiger charge is 2.16. The summed E-state index contributed by atoms with van der Waals surface area (Å²) in [4.78, 5) is 4.88. The molecule has 2 heterocycles. The van der Waals surface area contributed by atoms with Crippen LogP contribution in [0, 0.1) is 6.92 Å². The minimum absolute atomic E-state index is 0.688. The number of ether oxygens (including phenoxy) is 2. The Balaban J connectivity index is 1.72. The molecule has 0 atom stereocenters. The van der Waals surface area contributed by atoms with Gasteiger partial charge in [0.2, 0.25) is 0 Å². The zero-order chi connectivity index (χ0) is 20.2. The van der Waals surface area contributed by atoms with Crippen LogP contribution in [-0.2, 0) is 6.42 Å². The van der Waals surface area contributed by atoms with Crippen molar-refractivity contribution in [1.82, 2.24) is 9.38 Å². The number of aromatic nitrogens is 2. The number of anilines is 1. The fourth-order valence-corrected chi connectivity index (χ4v) is 3.47. The standard InChI is InChI=1S/C24H25N3O2/c1-17-9-12-22-26-23(19-10-11-20(28-2)21(15-19)29-3)24(27(22)16-17)25-14-13-18-7-5-4-6-8-18/h4-12,15-16,25H,13-14H2,1-3H3. The molecule has 0 bridgehead atoms. The van der Waals surface area contributed by atoms with E-state index < -0.39 is 0 Å². The number of aryl methyl sites for hydroxylation is 1. The highest BCUT2D eigenvalue weighted by atomic mass is 16.5. The average Bonchev–Trinajstić information content (AvgIpc) is 3.11. The van der Waals surface area contributed by atoms with Crippen molar-refractivity contribution in [2.24, 2.45) is 0 Å². The van der Waals surface area contributed by atoms with Gasteiger partial charge in [-0.3, -0.25) is 4.40 Å². The lowest BCUT2D eigenvalue weighted by Crippen LogP contribution is -2.08. The zero-order valence-corrected chi connectivity index (χ0v) is 17.0. The summed E-state index contributed by atoms with van der Waals surface area (Å²) >= 11 is 0. The number of hydrogen-bond donors (Lipinski definition) is 1. The van der Waals surface area contributed by atoms with Crippen LogP contribution >= 0.6 is 0 Å². The van der Waals surface area contributed by atoms with Crippen molar-refractivity contribution < 1.29 is 9.47 Å². The molecule has 0 aliphatic heterocycles. The molecule has 0 aliphatic carbocycles. The van der Waals surface area contributed by atoms with Gasteiger partial charge >= 0.3 is 0 Å². The van der Waals surface area contributed by atoms with E-state index in [1.807, 2.05) is 30.3 Å². The molecule has 1 N–H and O–H groups in total. The molecule has 0 spiro atoms. The third-order valence-corrected chi connectivity index (χ3v) is 4.97. The van der Waals surface area contributed by atoms with Crippen molar-refractivity contribution in [2.45, 2.75) is 13.3 Å². The second-order valence-electron chi connectivity index (χ2n) is 6.98. The monoisotopic (exact) mass is 387 g/mol. The van der Waals surface area contributed by atoms with E-state index in [1.54, 1.807) is 14.2 Å². The molecule has 4 aromatic rings. The molecule has 148 valence electrons. The molecule has 0 fully saturated rings. The molecule has 0 saturated carbocycles. The van der Waals surface area contributed by atoms with Crippen molar-refractivity contribution in [1.29, 1.82) is 0 Å². The van der Waals surface area contributed by atoms with Crippen LogP contribution in [0.3, 0.4) is 0 Å². The van der Waals surface area contributed by atoms with Gasteiger partial charge in [0.15, 0.2) is 11.5 Å². The number of imidazole rings is 1. The molecule has 0 aliphatic rings. The van der Waals surface area contributed by atoms with Gasteiger partial charge in [0.1, 0.15) is 17.2 Å². The van der Waals surface area contributed by atoms with E-state index in [0.29, 0.717) is 11.5 Å². The van der Waals surface area contributed by atoms with Gasteiger partial charge in [-0.1, -0.05) is 36.4 Å². The lowest BCUT2D eigenvalue weighted by atomic mass is 10.1. The van der Waals surface area contributed by atoms with E-state index >= 15 is 0 Å². The highest BCUT2D eigenvalue weighted by Crippen LogP contribution is 2.35. The van der Waals surface area contributed by atoms with Crippen molar-refractivity contribution in [3.63, 3.8) is 0 Å². The van der Waals surface area contributed by atoms with E-state index in [9.17, 15) is 0 Å². The summed E-state index contributed by atoms with van der Waals surface area (Å²) in [7, 11) is 3.29. The minimum Gasteiger partial charge on any atom is -0.493 e. The first kappa shape index (κ1) is 18.9. The third-order valence-electron chi connectivity index (χ3n) is 4.97. The topological polar surface area (TPSA) is 47.8 Å². The maximum atomic E-state index is 5.49. The third kappa shape index (κ3) is 3.90. The summed E-state index contributed by atoms with van der Waals surface area (Å²) in [6.07, 6.45) is 3.04. The second kappa shape index (κ2) is 8.27. The molecule has 5 nitrogen and oxygen atoms in total. The molecule has 0 amide bonds. The Bertz CT molecular complexity index is 1120. The number of hydrogen-bond acceptors (Lipinski definition) is 4. The van der Waals surface area contributed by atoms with E-state index in [2.05, 4.69) is 53.2 Å². The quantitative estimate of drug-likeness (QED) is 0.486. The van der Waals surface area contributed by atoms with Crippen LogP contribution in [0.4, 0.5) is 5.82 Å². The summed E-state index contributed by atoms with van der Waals surface area (Å²) < 4.78 is 13.0. The number of benzene rings is 2. The average molecular weight is 387 g/mol. The van der Waals surface area contributed by atoms with Crippen LogP contribution in [0.15, 0.2) is 66.9 Å². The van der Waals surface area contributed by atoms with E-state index in [1.165, 1.54) is 11.1 Å². The SMILES string of the molecule is COc1ccc(-c2nc3ccc(C)cn3c2NCCc2ccccc2)cc1OC. The van der Waals surface area contributed by atoms with Crippen LogP contribution in [0.2, 0.25) is 0 Å². The number of nitrogens with one attached hydrogen (secondary N) is 1. The molecule has 0 saturated heterocycles. The van der Waals surface area contributed by atoms with Crippen molar-refractivity contribution >= 4 is 11.5 Å². The van der Waals surface area contributed by atoms with Gasteiger partial charge in [0.25, 0.3) is 0 Å². The maximum Gasteiger partial charge on any atom is 0.161 e. The Morgan fingerprint density at radius 1 is 0.931 bits per heavy atom. The van der Waals surface area contributed by atoms with E-state index in [4.69, 9.17) is 14.5 Å². The zero-order valence-electron chi connectivity index (χ0n) is 17.0. The first-order valence-corrected chi connectivity index (χ1v) is 9.68. The van der Waals surface area contributed by atoms with Crippen molar-refractivity contribution in [3.05, 3.63) is 78.0 Å². The summed E-state index contributed by atoms with van der Waals surface area (Å²) in [6.45, 7) is 2.90. The Hall–Kier alpha value is -3.47. The van der Waals surface area contributed by atoms with Gasteiger partial charge in [0.05, 0.1) is 14.2 Å². The van der Waals surface area contributed by atoms with E-state index in [0.717, 1.165) is 35.7 Å². The normalized spacial score (nSPS) is 10.9. The van der Waals surface area contributed by atoms with Crippen LogP contribution in [0.1, 0.15) is 11.1 Å². The summed E-state index contributed by atoms with van der Waals surface area (Å²) in [5, 5.41) is 3.60. The largest absolute Gasteiger partial charge is 0.493 e. The van der Waals surface area contributed by atoms with Gasteiger partial charge < -0.3 is 14.8 Å². The Labute approximate surface area is 170 Å². The Kier molecular flexibility index (Phi) is 5.38. The van der Waals surface area contributed by atoms with Gasteiger partial charge in [-0.05, 0) is 48.7 Å². The Morgan fingerprint density at radius 3 is 2.48 bits per heavy atom. The van der Waals surface area contributed by atoms with Crippen LogP contribution < -0.4 is 14.8 Å². The first-order valence-electron chi connectivity index (χ1n) is 9.68. The lowest BCUT2D eigenvalue weighted by Gasteiger charge is -2.11. The van der Waals surface area contributed by atoms with Crippen LogP contribution in [-0.4, -0.2) is 30.1 Å². The summed E-state index contributed by atoms with van der Waals surface area (Å²) in [5.74, 6) is 2.37. The molecule has 4 rings (SSSR count). The number of rotatable bonds is 7. The number of methoxy groups -OCH3 is 2. The highest BCUT2D eigenvalue weighted by molar-refractivity contribution is 5.78. The fourth-order valence-electron chi connectivity index (χ4n) is 3.47. The molecule has 0 unspecified atom stereocenters. The predicted octanol–water partition coefficient (Wildman–Crippen LogP) is 4.98. The molecule has 2 aromatic heterocycles. The minimum atomic E-state index is 0.688. The molecular formula is C24H25N3O2.